The molecule has 3 aromatic rings. The van der Waals surface area contributed by atoms with Crippen LogP contribution in [0.2, 0.25) is 0 Å². The van der Waals surface area contributed by atoms with Crippen LogP contribution in [0.4, 0.5) is 5.69 Å². The Morgan fingerprint density at radius 1 is 1.04 bits per heavy atom. The third-order valence-electron chi connectivity index (χ3n) is 5.36. The highest BCUT2D eigenvalue weighted by Gasteiger charge is 2.51. The van der Waals surface area contributed by atoms with Crippen LogP contribution in [-0.4, -0.2) is 28.3 Å². The number of anilines is 1. The van der Waals surface area contributed by atoms with Crippen molar-refractivity contribution in [2.45, 2.75) is 49.8 Å². The van der Waals surface area contributed by atoms with E-state index in [1.54, 1.807) is 11.8 Å². The van der Waals surface area contributed by atoms with Crippen molar-refractivity contribution in [3.8, 4) is 0 Å². The molecule has 2 aromatic carbocycles. The summed E-state index contributed by atoms with van der Waals surface area (Å²) < 4.78 is 12.2. The highest BCUT2D eigenvalue weighted by atomic mass is 32.2. The van der Waals surface area contributed by atoms with Crippen LogP contribution >= 0.6 is 11.8 Å². The van der Waals surface area contributed by atoms with E-state index in [-0.39, 0.29) is 18.3 Å². The van der Waals surface area contributed by atoms with Crippen LogP contribution < -0.4 is 11.2 Å². The average Bonchev–Trinajstić information content (AvgIpc) is 3.10. The second-order valence-electron chi connectivity index (χ2n) is 7.94. The predicted molar refractivity (Wildman–Crippen MR) is 112 cm³/mol. The van der Waals surface area contributed by atoms with Gasteiger partial charge in [-0.05, 0) is 56.9 Å². The van der Waals surface area contributed by atoms with Gasteiger partial charge in [-0.15, -0.1) is 0 Å². The Morgan fingerprint density at radius 3 is 2.37 bits per heavy atom. The summed E-state index contributed by atoms with van der Waals surface area (Å²) in [6, 6.07) is 14.1. The molecule has 4 rings (SSSR count). The predicted octanol–water partition coefficient (Wildman–Crippen LogP) is 3.74. The van der Waals surface area contributed by atoms with E-state index in [1.807, 2.05) is 18.2 Å². The van der Waals surface area contributed by atoms with Crippen molar-refractivity contribution in [2.24, 2.45) is 0 Å². The topological polar surface area (TPSA) is 73.2 Å². The van der Waals surface area contributed by atoms with Crippen LogP contribution in [-0.2, 0) is 15.1 Å². The minimum atomic E-state index is -0.323. The number of H-pyrrole nitrogens is 1. The zero-order chi connectivity index (χ0) is 19.2. The number of rotatable bonds is 4. The molecule has 1 aromatic heterocycles. The number of nitrogens with one attached hydrogen (secondary N) is 1. The number of hydrogen-bond acceptors (Lipinski definition) is 5. The van der Waals surface area contributed by atoms with E-state index in [2.05, 4.69) is 61.9 Å². The second kappa shape index (κ2) is 6.58. The van der Waals surface area contributed by atoms with Crippen molar-refractivity contribution in [1.29, 1.82) is 0 Å². The second-order valence-corrected chi connectivity index (χ2v) is 8.90. The van der Waals surface area contributed by atoms with Crippen LogP contribution in [0.1, 0.15) is 33.3 Å². The van der Waals surface area contributed by atoms with E-state index < -0.39 is 0 Å². The number of nitrogens with zero attached hydrogens (tertiary/aromatic N) is 1. The number of thioether (sulfide) groups is 1. The molecule has 2 heterocycles. The van der Waals surface area contributed by atoms with E-state index in [0.717, 1.165) is 33.1 Å². The molecule has 0 atom stereocenters. The van der Waals surface area contributed by atoms with Gasteiger partial charge in [0.2, 0.25) is 0 Å². The summed E-state index contributed by atoms with van der Waals surface area (Å²) in [6.45, 7) is 8.27. The Morgan fingerprint density at radius 2 is 1.70 bits per heavy atom. The molecule has 3 N–H and O–H groups in total. The third kappa shape index (κ3) is 3.59. The van der Waals surface area contributed by atoms with Crippen LogP contribution in [0.3, 0.4) is 0 Å². The smallest absolute Gasteiger partial charge is 0.399 e. The van der Waals surface area contributed by atoms with Crippen molar-refractivity contribution in [2.75, 3.05) is 5.73 Å². The molecule has 7 heteroatoms. The van der Waals surface area contributed by atoms with E-state index in [4.69, 9.17) is 15.0 Å². The highest BCUT2D eigenvalue weighted by Crippen LogP contribution is 2.36. The molecule has 5 nitrogen and oxygen atoms in total. The zero-order valence-corrected chi connectivity index (χ0v) is 16.9. The standard InChI is InChI=1S/C20H24BN3O2S/c1-19(2)20(3,4)26-21(25-19)14-7-5-13(6-8-14)12-27-18-23-16-10-9-15(22)11-17(16)24-18/h5-11H,12,22H2,1-4H3,(H,23,24). The number of aromatic amines is 1. The average molecular weight is 381 g/mol. The lowest BCUT2D eigenvalue weighted by Crippen LogP contribution is -2.41. The van der Waals surface area contributed by atoms with Crippen LogP contribution in [0, 0.1) is 0 Å². The van der Waals surface area contributed by atoms with Gasteiger partial charge in [0, 0.05) is 11.4 Å². The fourth-order valence-electron chi connectivity index (χ4n) is 2.97. The van der Waals surface area contributed by atoms with Crippen molar-refractivity contribution in [3.63, 3.8) is 0 Å². The number of hydrogen-bond donors (Lipinski definition) is 2. The lowest BCUT2D eigenvalue weighted by molar-refractivity contribution is 0.00578. The SMILES string of the molecule is CC1(C)OB(c2ccc(CSc3nc4ccc(N)cc4[nH]3)cc2)OC1(C)C. The Kier molecular flexibility index (Phi) is 4.49. The van der Waals surface area contributed by atoms with Gasteiger partial charge in [0.25, 0.3) is 0 Å². The molecule has 0 saturated carbocycles. The number of aromatic nitrogens is 2. The molecule has 1 aliphatic rings. The Hall–Kier alpha value is -1.96. The lowest BCUT2D eigenvalue weighted by atomic mass is 9.79. The summed E-state index contributed by atoms with van der Waals surface area (Å²) >= 11 is 1.67. The minimum Gasteiger partial charge on any atom is -0.399 e. The van der Waals surface area contributed by atoms with Gasteiger partial charge in [0.1, 0.15) is 0 Å². The first kappa shape index (κ1) is 18.4. The maximum Gasteiger partial charge on any atom is 0.494 e. The number of nitrogen functional groups attached to an aromatic ring is 1. The summed E-state index contributed by atoms with van der Waals surface area (Å²) in [5, 5.41) is 0.894. The maximum atomic E-state index is 6.11. The fraction of sp³-hybridized carbons (Fsp3) is 0.350. The van der Waals surface area contributed by atoms with Gasteiger partial charge in [-0.2, -0.15) is 0 Å². The van der Waals surface area contributed by atoms with Gasteiger partial charge < -0.3 is 20.0 Å². The monoisotopic (exact) mass is 381 g/mol. The molecular weight excluding hydrogens is 357 g/mol. The summed E-state index contributed by atoms with van der Waals surface area (Å²) in [6.07, 6.45) is 0. The molecule has 27 heavy (non-hydrogen) atoms. The fourth-order valence-corrected chi connectivity index (χ4v) is 3.81. The minimum absolute atomic E-state index is 0.322. The van der Waals surface area contributed by atoms with Gasteiger partial charge in [-0.3, -0.25) is 0 Å². The van der Waals surface area contributed by atoms with Crippen molar-refractivity contribution >= 4 is 41.1 Å². The zero-order valence-electron chi connectivity index (χ0n) is 16.1. The summed E-state index contributed by atoms with van der Waals surface area (Å²) in [5.74, 6) is 0.832. The molecule has 0 unspecified atom stereocenters. The Labute approximate surface area is 164 Å². The van der Waals surface area contributed by atoms with E-state index in [1.165, 1.54) is 5.56 Å². The number of fused-ring (bicyclic) bond motifs is 1. The molecule has 0 aliphatic carbocycles. The van der Waals surface area contributed by atoms with Crippen molar-refractivity contribution in [1.82, 2.24) is 9.97 Å². The lowest BCUT2D eigenvalue weighted by Gasteiger charge is -2.32. The largest absolute Gasteiger partial charge is 0.494 e. The van der Waals surface area contributed by atoms with Gasteiger partial charge in [-0.1, -0.05) is 36.0 Å². The quantitative estimate of drug-likeness (QED) is 0.409. The first-order chi connectivity index (χ1) is 12.7. The molecule has 1 aliphatic heterocycles. The van der Waals surface area contributed by atoms with Gasteiger partial charge in [-0.25, -0.2) is 4.98 Å². The third-order valence-corrected chi connectivity index (χ3v) is 6.31. The maximum absolute atomic E-state index is 6.11. The number of imidazole rings is 1. The highest BCUT2D eigenvalue weighted by molar-refractivity contribution is 7.98. The molecule has 1 saturated heterocycles. The van der Waals surface area contributed by atoms with Crippen molar-refractivity contribution < 1.29 is 9.31 Å². The summed E-state index contributed by atoms with van der Waals surface area (Å²) in [7, 11) is -0.322. The van der Waals surface area contributed by atoms with E-state index in [0.29, 0.717) is 0 Å². The first-order valence-electron chi connectivity index (χ1n) is 9.06. The van der Waals surface area contributed by atoms with E-state index in [9.17, 15) is 0 Å². The molecule has 1 fully saturated rings. The van der Waals surface area contributed by atoms with Gasteiger partial charge >= 0.3 is 7.12 Å². The molecule has 0 spiro atoms. The van der Waals surface area contributed by atoms with Crippen LogP contribution in [0.5, 0.6) is 0 Å². The number of benzene rings is 2. The summed E-state index contributed by atoms with van der Waals surface area (Å²) in [4.78, 5) is 7.91. The molecule has 0 radical (unpaired) electrons. The van der Waals surface area contributed by atoms with E-state index >= 15 is 0 Å². The Bertz CT molecular complexity index is 953. The van der Waals surface area contributed by atoms with Crippen LogP contribution in [0.15, 0.2) is 47.6 Å². The molecule has 0 bridgehead atoms. The van der Waals surface area contributed by atoms with Gasteiger partial charge in [0.05, 0.1) is 22.2 Å². The van der Waals surface area contributed by atoms with Gasteiger partial charge in [0.15, 0.2) is 5.16 Å². The van der Waals surface area contributed by atoms with Crippen molar-refractivity contribution in [3.05, 3.63) is 48.0 Å². The first-order valence-corrected chi connectivity index (χ1v) is 10.0. The van der Waals surface area contributed by atoms with Crippen LogP contribution in [0.25, 0.3) is 11.0 Å². The summed E-state index contributed by atoms with van der Waals surface area (Å²) in [5.41, 5.74) is 10.1. The Balaban J connectivity index is 1.42. The normalized spacial score (nSPS) is 18.3. The number of nitrogens with two attached hydrogens (primary N) is 1. The molecular formula is C20H24BN3O2S. The molecule has 140 valence electrons. The molecule has 0 amide bonds.